The van der Waals surface area contributed by atoms with Gasteiger partial charge in [0.1, 0.15) is 12.6 Å². The van der Waals surface area contributed by atoms with Gasteiger partial charge in [-0.25, -0.2) is 4.39 Å². The van der Waals surface area contributed by atoms with E-state index < -0.39 is 0 Å². The van der Waals surface area contributed by atoms with Crippen LogP contribution in [0.25, 0.3) is 5.57 Å². The summed E-state index contributed by atoms with van der Waals surface area (Å²) in [4.78, 5) is 12.7. The molecule has 0 spiro atoms. The zero-order chi connectivity index (χ0) is 29.0. The molecule has 1 heterocycles. The van der Waals surface area contributed by atoms with Crippen molar-refractivity contribution in [2.24, 2.45) is 4.99 Å². The molecule has 39 heavy (non-hydrogen) atoms. The van der Waals surface area contributed by atoms with Crippen LogP contribution >= 0.6 is 12.6 Å². The monoisotopic (exact) mass is 546 g/mol. The molecule has 5 heteroatoms. The minimum Gasteiger partial charge on any atom is -0.347 e. The van der Waals surface area contributed by atoms with Crippen LogP contribution in [0.15, 0.2) is 101 Å². The number of nitrogens with zero attached hydrogens (tertiary/aromatic N) is 1. The van der Waals surface area contributed by atoms with E-state index in [0.29, 0.717) is 0 Å². The number of carbonyl (C=O) groups excluding carboxylic acids is 1. The fraction of sp³-hybridized carbons (Fsp3) is 0.294. The van der Waals surface area contributed by atoms with Crippen molar-refractivity contribution in [1.29, 1.82) is 0 Å². The molecule has 1 unspecified atom stereocenters. The van der Waals surface area contributed by atoms with E-state index in [1.807, 2.05) is 45.8 Å². The molecule has 0 saturated heterocycles. The van der Waals surface area contributed by atoms with Crippen LogP contribution in [0.5, 0.6) is 0 Å². The maximum Gasteiger partial charge on any atom is 0.123 e. The fourth-order valence-corrected chi connectivity index (χ4v) is 4.22. The molecule has 0 saturated carbocycles. The molecule has 1 N–H and O–H groups in total. The molecule has 3 nitrogen and oxygen atoms in total. The van der Waals surface area contributed by atoms with Crippen LogP contribution in [-0.2, 0) is 17.0 Å². The summed E-state index contributed by atoms with van der Waals surface area (Å²) in [5, 5.41) is 3.31. The summed E-state index contributed by atoms with van der Waals surface area (Å²) in [7, 11) is 0. The van der Waals surface area contributed by atoms with Crippen molar-refractivity contribution in [3.8, 4) is 0 Å². The molecule has 0 aliphatic carbocycles. The fourth-order valence-electron chi connectivity index (χ4n) is 4.01. The number of rotatable bonds is 7. The van der Waals surface area contributed by atoms with Crippen molar-refractivity contribution in [1.82, 2.24) is 5.32 Å². The zero-order valence-electron chi connectivity index (χ0n) is 24.0. The Labute approximate surface area is 240 Å². The summed E-state index contributed by atoms with van der Waals surface area (Å²) < 4.78 is 13.2. The molecule has 1 aliphatic rings. The molecule has 3 aromatic carbocycles. The predicted molar refractivity (Wildman–Crippen MR) is 170 cm³/mol. The third kappa shape index (κ3) is 11.1. The van der Waals surface area contributed by atoms with Crippen molar-refractivity contribution in [3.63, 3.8) is 0 Å². The molecular weight excluding hydrogens is 503 g/mol. The standard InChI is InChI=1S/C23H25FN2S.C8H10.C2H6.CH2O/c1-3-4-21-22(13-16(2)18-9-11-20(24)12-10-18)25-15-26-23(21)19-7-5-17(14-27)6-8-19;1-2-8-6-4-3-5-7-8;2*1-2/h5-13,15,23,27H,3-4,14H2,1-2H3,(H,25,26);3-7H,2H2,1H3;1-2H3;1H2/b16-13+;;;. The Hall–Kier alpha value is -3.44. The summed E-state index contributed by atoms with van der Waals surface area (Å²) >= 11 is 4.34. The first-order chi connectivity index (χ1) is 19.0. The lowest BCUT2D eigenvalue weighted by Crippen LogP contribution is -2.21. The molecule has 1 atom stereocenters. The summed E-state index contributed by atoms with van der Waals surface area (Å²) in [6.45, 7) is 12.4. The molecular formula is C34H43FN2OS. The van der Waals surface area contributed by atoms with Gasteiger partial charge in [0.2, 0.25) is 0 Å². The average Bonchev–Trinajstić information content (AvgIpc) is 3.01. The molecule has 0 fully saturated rings. The van der Waals surface area contributed by atoms with Crippen molar-refractivity contribution in [3.05, 3.63) is 124 Å². The smallest absolute Gasteiger partial charge is 0.123 e. The Morgan fingerprint density at radius 1 is 0.949 bits per heavy atom. The number of aryl methyl sites for hydroxylation is 1. The summed E-state index contributed by atoms with van der Waals surface area (Å²) in [5.74, 6) is 0.517. The molecule has 3 aromatic rings. The van der Waals surface area contributed by atoms with E-state index in [1.165, 1.54) is 34.4 Å². The van der Waals surface area contributed by atoms with Crippen LogP contribution in [0.4, 0.5) is 4.39 Å². The van der Waals surface area contributed by atoms with Crippen molar-refractivity contribution in [2.75, 3.05) is 0 Å². The van der Waals surface area contributed by atoms with Gasteiger partial charge in [-0.2, -0.15) is 12.6 Å². The Balaban J connectivity index is 0.000000532. The second-order valence-electron chi connectivity index (χ2n) is 8.59. The Kier molecular flexibility index (Phi) is 16.9. The third-order valence-electron chi connectivity index (χ3n) is 6.03. The van der Waals surface area contributed by atoms with Crippen LogP contribution in [0.2, 0.25) is 0 Å². The number of hydrogen-bond acceptors (Lipinski definition) is 4. The van der Waals surface area contributed by atoms with Gasteiger partial charge in [0.05, 0.1) is 12.4 Å². The van der Waals surface area contributed by atoms with Crippen LogP contribution in [0.1, 0.15) is 75.8 Å². The van der Waals surface area contributed by atoms with Crippen molar-refractivity contribution >= 4 is 31.3 Å². The quantitative estimate of drug-likeness (QED) is 0.290. The van der Waals surface area contributed by atoms with Crippen molar-refractivity contribution in [2.45, 2.75) is 65.7 Å². The lowest BCUT2D eigenvalue weighted by Gasteiger charge is -2.24. The highest BCUT2D eigenvalue weighted by Gasteiger charge is 2.21. The lowest BCUT2D eigenvalue weighted by atomic mass is 9.91. The first kappa shape index (κ1) is 33.6. The Morgan fingerprint density at radius 3 is 2.08 bits per heavy atom. The minimum absolute atomic E-state index is 0.0208. The molecule has 0 bridgehead atoms. The zero-order valence-corrected chi connectivity index (χ0v) is 24.8. The highest BCUT2D eigenvalue weighted by atomic mass is 32.1. The normalized spacial score (nSPS) is 14.0. The number of nitrogens with one attached hydrogen (secondary N) is 1. The number of thiol groups is 1. The van der Waals surface area contributed by atoms with Gasteiger partial charge in [0, 0.05) is 11.4 Å². The first-order valence-corrected chi connectivity index (χ1v) is 14.2. The summed E-state index contributed by atoms with van der Waals surface area (Å²) in [5.41, 5.74) is 8.26. The molecule has 0 radical (unpaired) electrons. The molecule has 0 aromatic heterocycles. The van der Waals surface area contributed by atoms with E-state index in [4.69, 9.17) is 9.79 Å². The van der Waals surface area contributed by atoms with E-state index in [0.717, 1.165) is 41.8 Å². The molecule has 1 aliphatic heterocycles. The highest BCUT2D eigenvalue weighted by molar-refractivity contribution is 7.79. The number of carbonyl (C=O) groups is 1. The number of allylic oxidation sites excluding steroid dienone is 2. The van der Waals surface area contributed by atoms with Gasteiger partial charge in [-0.05, 0) is 71.4 Å². The summed E-state index contributed by atoms with van der Waals surface area (Å²) in [6, 6.07) is 25.6. The van der Waals surface area contributed by atoms with Gasteiger partial charge in [-0.1, -0.05) is 101 Å². The predicted octanol–water partition coefficient (Wildman–Crippen LogP) is 9.18. The van der Waals surface area contributed by atoms with Gasteiger partial charge in [0.15, 0.2) is 0 Å². The van der Waals surface area contributed by atoms with Crippen LogP contribution in [0, 0.1) is 5.82 Å². The van der Waals surface area contributed by atoms with Gasteiger partial charge >= 0.3 is 0 Å². The van der Waals surface area contributed by atoms with Crippen LogP contribution in [-0.4, -0.2) is 13.1 Å². The summed E-state index contributed by atoms with van der Waals surface area (Å²) in [6.07, 6.45) is 7.07. The van der Waals surface area contributed by atoms with E-state index in [9.17, 15) is 4.39 Å². The second kappa shape index (κ2) is 19.6. The van der Waals surface area contributed by atoms with Gasteiger partial charge < -0.3 is 10.1 Å². The lowest BCUT2D eigenvalue weighted by molar-refractivity contribution is -0.0980. The topological polar surface area (TPSA) is 41.5 Å². The van der Waals surface area contributed by atoms with Gasteiger partial charge in [0.25, 0.3) is 0 Å². The SMILES string of the molecule is C=O.CC.CCCC1=C(/C=C(\C)c2ccc(F)cc2)NC=NC1c1ccc(CS)cc1.CCc1ccccc1. The number of halogens is 1. The third-order valence-corrected chi connectivity index (χ3v) is 6.39. The molecule has 0 amide bonds. The van der Waals surface area contributed by atoms with Crippen molar-refractivity contribution < 1.29 is 9.18 Å². The molecule has 4 rings (SSSR count). The largest absolute Gasteiger partial charge is 0.347 e. The second-order valence-corrected chi connectivity index (χ2v) is 8.90. The average molecular weight is 547 g/mol. The van der Waals surface area contributed by atoms with E-state index in [-0.39, 0.29) is 11.9 Å². The Bertz CT molecular complexity index is 1170. The number of aliphatic imine (C=N–C) groups is 1. The first-order valence-electron chi connectivity index (χ1n) is 13.5. The minimum atomic E-state index is -0.218. The van der Waals surface area contributed by atoms with Crippen LogP contribution in [0.3, 0.4) is 0 Å². The van der Waals surface area contributed by atoms with E-state index in [1.54, 1.807) is 6.34 Å². The number of benzene rings is 3. The van der Waals surface area contributed by atoms with Crippen LogP contribution < -0.4 is 5.32 Å². The van der Waals surface area contributed by atoms with Gasteiger partial charge in [-0.15, -0.1) is 0 Å². The maximum absolute atomic E-state index is 13.2. The maximum atomic E-state index is 13.2. The number of hydrogen-bond donors (Lipinski definition) is 2. The van der Waals surface area contributed by atoms with E-state index in [2.05, 4.69) is 86.4 Å². The van der Waals surface area contributed by atoms with E-state index >= 15 is 0 Å². The highest BCUT2D eigenvalue weighted by Crippen LogP contribution is 2.34. The Morgan fingerprint density at radius 2 is 1.56 bits per heavy atom. The molecule has 208 valence electrons. The van der Waals surface area contributed by atoms with Gasteiger partial charge in [-0.3, -0.25) is 4.99 Å².